The summed E-state index contributed by atoms with van der Waals surface area (Å²) in [5.41, 5.74) is 2.04. The molecule has 1 unspecified atom stereocenters. The minimum atomic E-state index is -3.73. The molecule has 1 fully saturated rings. The van der Waals surface area contributed by atoms with Crippen molar-refractivity contribution in [3.8, 4) is 0 Å². The zero-order chi connectivity index (χ0) is 22.5. The van der Waals surface area contributed by atoms with E-state index in [0.717, 1.165) is 40.6 Å². The smallest absolute Gasteiger partial charge is 0.258 e. The number of rotatable bonds is 5. The first-order valence-corrected chi connectivity index (χ1v) is 13.0. The Labute approximate surface area is 190 Å². The minimum Gasteiger partial charge on any atom is -0.324 e. The Bertz CT molecular complexity index is 1320. The predicted molar refractivity (Wildman–Crippen MR) is 126 cm³/mol. The lowest BCUT2D eigenvalue weighted by Crippen LogP contribution is -2.49. The lowest BCUT2D eigenvalue weighted by molar-refractivity contribution is -0.120. The molecule has 7 nitrogen and oxygen atoms in total. The van der Waals surface area contributed by atoms with Crippen LogP contribution in [-0.2, 0) is 14.8 Å². The van der Waals surface area contributed by atoms with E-state index in [0.29, 0.717) is 30.8 Å². The SMILES string of the molecule is CCN1C(=O)c2cccc3c(NC(=O)C4CCCCN4S(=O)(=O)c4cccs4)ccc1c23. The third-order valence-electron chi connectivity index (χ3n) is 6.17. The normalized spacial score (nSPS) is 19.0. The molecule has 3 aromatic rings. The molecule has 1 N–H and O–H groups in total. The second-order valence-electron chi connectivity index (χ2n) is 7.96. The van der Waals surface area contributed by atoms with Gasteiger partial charge in [0.2, 0.25) is 5.91 Å². The van der Waals surface area contributed by atoms with Gasteiger partial charge >= 0.3 is 0 Å². The van der Waals surface area contributed by atoms with Gasteiger partial charge in [-0.2, -0.15) is 4.31 Å². The van der Waals surface area contributed by atoms with E-state index in [2.05, 4.69) is 5.32 Å². The number of nitrogens with zero attached hydrogens (tertiary/aromatic N) is 2. The second kappa shape index (κ2) is 7.99. The Hall–Kier alpha value is -2.75. The molecule has 1 atom stereocenters. The first kappa shape index (κ1) is 21.1. The predicted octanol–water partition coefficient (Wildman–Crippen LogP) is 4.06. The topological polar surface area (TPSA) is 86.8 Å². The van der Waals surface area contributed by atoms with Crippen LogP contribution >= 0.6 is 11.3 Å². The third-order valence-corrected chi connectivity index (χ3v) is 9.45. The zero-order valence-corrected chi connectivity index (χ0v) is 19.2. The standard InChI is InChI=1S/C23H23N3O4S2/c1-2-25-18-12-11-17(15-7-5-8-16(21(15)18)23(25)28)24-22(27)19-9-3-4-13-26(19)32(29,30)20-10-6-14-31-20/h5-8,10-12,14,19H,2-4,9,13H2,1H3,(H,24,27). The van der Waals surface area contributed by atoms with E-state index < -0.39 is 16.1 Å². The van der Waals surface area contributed by atoms with Gasteiger partial charge in [-0.05, 0) is 49.4 Å². The average Bonchev–Trinajstić information content (AvgIpc) is 3.44. The fraction of sp³-hybridized carbons (Fsp3) is 0.304. The van der Waals surface area contributed by atoms with Gasteiger partial charge in [0.15, 0.2) is 0 Å². The van der Waals surface area contributed by atoms with Gasteiger partial charge in [-0.15, -0.1) is 11.3 Å². The third kappa shape index (κ3) is 3.23. The molecule has 1 saturated heterocycles. The summed E-state index contributed by atoms with van der Waals surface area (Å²) in [5, 5.41) is 6.28. The number of benzene rings is 2. The number of anilines is 2. The monoisotopic (exact) mass is 469 g/mol. The van der Waals surface area contributed by atoms with Crippen LogP contribution in [0.1, 0.15) is 36.5 Å². The van der Waals surface area contributed by atoms with Gasteiger partial charge in [-0.3, -0.25) is 9.59 Å². The number of sulfonamides is 1. The molecule has 0 spiro atoms. The largest absolute Gasteiger partial charge is 0.324 e. The van der Waals surface area contributed by atoms with Gasteiger partial charge < -0.3 is 10.2 Å². The second-order valence-corrected chi connectivity index (χ2v) is 11.0. The van der Waals surface area contributed by atoms with Crippen molar-refractivity contribution in [2.24, 2.45) is 0 Å². The van der Waals surface area contributed by atoms with Crippen molar-refractivity contribution in [3.05, 3.63) is 53.4 Å². The maximum absolute atomic E-state index is 13.3. The fourth-order valence-electron chi connectivity index (χ4n) is 4.67. The molecular formula is C23H23N3O4S2. The minimum absolute atomic E-state index is 0.0444. The van der Waals surface area contributed by atoms with Gasteiger partial charge in [0.1, 0.15) is 10.3 Å². The molecular weight excluding hydrogens is 446 g/mol. The van der Waals surface area contributed by atoms with Crippen LogP contribution in [0.25, 0.3) is 10.8 Å². The molecule has 1 aromatic heterocycles. The van der Waals surface area contributed by atoms with Gasteiger partial charge in [-0.1, -0.05) is 24.6 Å². The molecule has 3 heterocycles. The molecule has 0 saturated carbocycles. The maximum Gasteiger partial charge on any atom is 0.258 e. The summed E-state index contributed by atoms with van der Waals surface area (Å²) in [7, 11) is -3.73. The molecule has 2 aliphatic heterocycles. The van der Waals surface area contributed by atoms with E-state index in [1.165, 1.54) is 4.31 Å². The number of carbonyl (C=O) groups is 2. The number of amides is 2. The Morgan fingerprint density at radius 2 is 2.00 bits per heavy atom. The van der Waals surface area contributed by atoms with Crippen LogP contribution in [0.4, 0.5) is 11.4 Å². The first-order valence-electron chi connectivity index (χ1n) is 10.7. The van der Waals surface area contributed by atoms with Crippen LogP contribution in [0, 0.1) is 0 Å². The van der Waals surface area contributed by atoms with Gasteiger partial charge in [0.05, 0.1) is 5.69 Å². The van der Waals surface area contributed by atoms with E-state index in [9.17, 15) is 18.0 Å². The van der Waals surface area contributed by atoms with Crippen LogP contribution < -0.4 is 10.2 Å². The van der Waals surface area contributed by atoms with E-state index >= 15 is 0 Å². The molecule has 2 amide bonds. The number of carbonyl (C=O) groups excluding carboxylic acids is 2. The van der Waals surface area contributed by atoms with Crippen LogP contribution in [0.3, 0.4) is 0 Å². The van der Waals surface area contributed by atoms with E-state index in [4.69, 9.17) is 0 Å². The van der Waals surface area contributed by atoms with Gasteiger partial charge in [-0.25, -0.2) is 8.42 Å². The summed E-state index contributed by atoms with van der Waals surface area (Å²) >= 11 is 1.16. The number of piperidine rings is 1. The lowest BCUT2D eigenvalue weighted by atomic mass is 10.0. The highest BCUT2D eigenvalue weighted by molar-refractivity contribution is 7.91. The number of hydrogen-bond acceptors (Lipinski definition) is 5. The fourth-order valence-corrected chi connectivity index (χ4v) is 7.44. The molecule has 32 heavy (non-hydrogen) atoms. The van der Waals surface area contributed by atoms with E-state index in [-0.39, 0.29) is 16.0 Å². The maximum atomic E-state index is 13.3. The summed E-state index contributed by atoms with van der Waals surface area (Å²) in [5.74, 6) is -0.390. The average molecular weight is 470 g/mol. The van der Waals surface area contributed by atoms with Crippen molar-refractivity contribution in [2.45, 2.75) is 36.4 Å². The lowest BCUT2D eigenvalue weighted by Gasteiger charge is -2.33. The number of hydrogen-bond donors (Lipinski definition) is 1. The highest BCUT2D eigenvalue weighted by atomic mass is 32.2. The highest BCUT2D eigenvalue weighted by Crippen LogP contribution is 2.40. The molecule has 5 rings (SSSR count). The number of thiophene rings is 1. The van der Waals surface area contributed by atoms with E-state index in [1.807, 2.05) is 25.1 Å². The van der Waals surface area contributed by atoms with Gasteiger partial charge in [0, 0.05) is 35.1 Å². The summed E-state index contributed by atoms with van der Waals surface area (Å²) in [6.07, 6.45) is 1.99. The molecule has 9 heteroatoms. The molecule has 2 aromatic carbocycles. The zero-order valence-electron chi connectivity index (χ0n) is 17.6. The summed E-state index contributed by atoms with van der Waals surface area (Å²) < 4.78 is 27.9. The van der Waals surface area contributed by atoms with Crippen LogP contribution in [-0.4, -0.2) is 43.7 Å². The number of nitrogens with one attached hydrogen (secondary N) is 1. The summed E-state index contributed by atoms with van der Waals surface area (Å²) in [6, 6.07) is 11.6. The Morgan fingerprint density at radius 1 is 1.16 bits per heavy atom. The van der Waals surface area contributed by atoms with Crippen molar-refractivity contribution in [1.82, 2.24) is 4.31 Å². The first-order chi connectivity index (χ1) is 15.4. The molecule has 2 aliphatic rings. The van der Waals surface area contributed by atoms with Gasteiger partial charge in [0.25, 0.3) is 15.9 Å². The molecule has 0 aliphatic carbocycles. The highest BCUT2D eigenvalue weighted by Gasteiger charge is 2.38. The summed E-state index contributed by atoms with van der Waals surface area (Å²) in [4.78, 5) is 27.8. The Morgan fingerprint density at radius 3 is 2.75 bits per heavy atom. The van der Waals surface area contributed by atoms with Crippen LogP contribution in [0.15, 0.2) is 52.1 Å². The molecule has 0 bridgehead atoms. The van der Waals surface area contributed by atoms with Crippen LogP contribution in [0.5, 0.6) is 0 Å². The summed E-state index contributed by atoms with van der Waals surface area (Å²) in [6.45, 7) is 2.81. The van der Waals surface area contributed by atoms with E-state index in [1.54, 1.807) is 34.5 Å². The quantitative estimate of drug-likeness (QED) is 0.610. The van der Waals surface area contributed by atoms with Crippen molar-refractivity contribution in [3.63, 3.8) is 0 Å². The van der Waals surface area contributed by atoms with Crippen molar-refractivity contribution in [2.75, 3.05) is 23.3 Å². The van der Waals surface area contributed by atoms with Crippen LogP contribution in [0.2, 0.25) is 0 Å². The van der Waals surface area contributed by atoms with Crippen molar-refractivity contribution >= 4 is 55.3 Å². The Kier molecular flexibility index (Phi) is 5.27. The molecule has 0 radical (unpaired) electrons. The van der Waals surface area contributed by atoms with Crippen molar-refractivity contribution in [1.29, 1.82) is 0 Å². The van der Waals surface area contributed by atoms with Crippen molar-refractivity contribution < 1.29 is 18.0 Å². The Balaban J connectivity index is 1.49. The molecule has 166 valence electrons.